The lowest BCUT2D eigenvalue weighted by atomic mass is 9.73. The fourth-order valence-corrected chi connectivity index (χ4v) is 8.75. The van der Waals surface area contributed by atoms with E-state index in [1.165, 1.54) is 5.56 Å². The average molecular weight is 681 g/mol. The number of thiophene rings is 1. The Hall–Kier alpha value is -5.32. The molecule has 0 atom stereocenters. The second-order valence-electron chi connectivity index (χ2n) is 13.7. The molecule has 0 unspecified atom stereocenters. The highest BCUT2D eigenvalue weighted by Crippen LogP contribution is 2.45. The molecule has 1 spiro atoms. The van der Waals surface area contributed by atoms with Crippen LogP contribution in [0.5, 0.6) is 0 Å². The van der Waals surface area contributed by atoms with Crippen LogP contribution in [0.1, 0.15) is 44.7 Å². The van der Waals surface area contributed by atoms with Gasteiger partial charge in [0.1, 0.15) is 11.6 Å². The maximum atomic E-state index is 14.1. The summed E-state index contributed by atoms with van der Waals surface area (Å²) in [4.78, 5) is 47.0. The smallest absolute Gasteiger partial charge is 0.259 e. The van der Waals surface area contributed by atoms with Crippen molar-refractivity contribution in [2.45, 2.75) is 26.2 Å². The lowest BCUT2D eigenvalue weighted by Gasteiger charge is -2.53. The van der Waals surface area contributed by atoms with Crippen LogP contribution in [0.4, 0.5) is 17.2 Å². The van der Waals surface area contributed by atoms with Crippen molar-refractivity contribution in [1.29, 1.82) is 0 Å². The molecule has 250 valence electrons. The van der Waals surface area contributed by atoms with Crippen LogP contribution in [-0.2, 0) is 11.2 Å². The number of imidazole rings is 1. The van der Waals surface area contributed by atoms with Gasteiger partial charge in [-0.25, -0.2) is 9.97 Å². The summed E-state index contributed by atoms with van der Waals surface area (Å²) in [6.45, 7) is 5.87. The van der Waals surface area contributed by atoms with Gasteiger partial charge in [-0.3, -0.25) is 9.59 Å². The number of rotatable bonds is 5. The van der Waals surface area contributed by atoms with E-state index in [2.05, 4.69) is 32.3 Å². The molecular weight excluding hydrogens is 645 g/mol. The minimum atomic E-state index is -0.210. The average Bonchev–Trinajstić information content (AvgIpc) is 3.73. The molecule has 50 heavy (non-hydrogen) atoms. The van der Waals surface area contributed by atoms with Crippen LogP contribution in [0.25, 0.3) is 32.2 Å². The van der Waals surface area contributed by atoms with Crippen molar-refractivity contribution in [3.63, 3.8) is 0 Å². The van der Waals surface area contributed by atoms with Gasteiger partial charge < -0.3 is 24.8 Å². The van der Waals surface area contributed by atoms with E-state index >= 15 is 0 Å². The van der Waals surface area contributed by atoms with Gasteiger partial charge in [0.25, 0.3) is 11.8 Å². The van der Waals surface area contributed by atoms with Crippen LogP contribution in [0.3, 0.4) is 0 Å². The normalized spacial score (nSPS) is 16.4. The molecule has 2 N–H and O–H groups in total. The predicted molar refractivity (Wildman–Crippen MR) is 198 cm³/mol. The maximum absolute atomic E-state index is 14.1. The van der Waals surface area contributed by atoms with E-state index in [-0.39, 0.29) is 17.2 Å². The molecule has 3 aliphatic heterocycles. The Labute approximate surface area is 293 Å². The molecule has 2 amide bonds. The quantitative estimate of drug-likeness (QED) is 0.193. The third-order valence-electron chi connectivity index (χ3n) is 10.3. The minimum absolute atomic E-state index is 0.0759. The molecule has 9 nitrogen and oxygen atoms in total. The van der Waals surface area contributed by atoms with Gasteiger partial charge in [0, 0.05) is 66.2 Å². The number of nitrogens with one attached hydrogen (secondary N) is 2. The fourth-order valence-electron chi connectivity index (χ4n) is 7.56. The topological polar surface area (TPSA) is 103 Å². The molecule has 9 rings (SSSR count). The molecule has 0 radical (unpaired) electrons. The van der Waals surface area contributed by atoms with Crippen LogP contribution in [0, 0.1) is 12.3 Å². The number of hydrogen-bond acceptors (Lipinski definition) is 7. The number of aromatic amines is 1. The van der Waals surface area contributed by atoms with Crippen LogP contribution in [0.15, 0.2) is 91.1 Å². The number of aryl methyl sites for hydroxylation is 1. The lowest BCUT2D eigenvalue weighted by molar-refractivity contribution is -0.000510. The highest BCUT2D eigenvalue weighted by atomic mass is 32.1. The second-order valence-corrected chi connectivity index (χ2v) is 14.7. The Morgan fingerprint density at radius 2 is 1.74 bits per heavy atom. The van der Waals surface area contributed by atoms with Crippen LogP contribution in [0.2, 0.25) is 0 Å². The number of amides is 2. The number of H-pyrrole nitrogens is 1. The molecule has 0 saturated carbocycles. The van der Waals surface area contributed by atoms with E-state index in [4.69, 9.17) is 9.72 Å². The van der Waals surface area contributed by atoms with Crippen molar-refractivity contribution in [1.82, 2.24) is 15.0 Å². The summed E-state index contributed by atoms with van der Waals surface area (Å²) < 4.78 is 5.58. The van der Waals surface area contributed by atoms with Crippen molar-refractivity contribution >= 4 is 51.4 Å². The molecule has 3 aliphatic rings. The van der Waals surface area contributed by atoms with Gasteiger partial charge in [-0.2, -0.15) is 0 Å². The number of pyridine rings is 1. The zero-order chi connectivity index (χ0) is 33.8. The third kappa shape index (κ3) is 5.45. The van der Waals surface area contributed by atoms with Crippen molar-refractivity contribution in [2.75, 3.05) is 48.0 Å². The van der Waals surface area contributed by atoms with Crippen molar-refractivity contribution < 1.29 is 14.3 Å². The van der Waals surface area contributed by atoms with E-state index in [9.17, 15) is 9.59 Å². The summed E-state index contributed by atoms with van der Waals surface area (Å²) in [5, 5.41) is 3.05. The first kappa shape index (κ1) is 30.7. The number of aromatic nitrogens is 3. The zero-order valence-corrected chi connectivity index (χ0v) is 28.6. The highest BCUT2D eigenvalue weighted by Gasteiger charge is 2.45. The molecule has 3 aromatic heterocycles. The molecule has 2 saturated heterocycles. The summed E-state index contributed by atoms with van der Waals surface area (Å²) in [5.74, 6) is 1.29. The third-order valence-corrected chi connectivity index (χ3v) is 11.5. The largest absolute Gasteiger partial charge is 0.381 e. The SMILES string of the molecule is Cc1cnc(N2CC3(CCOCC3)C2)c(C(=O)Nc2ccc(C(=O)N3CCc4cc(-c5nc6ccccc6[nH]5)sc4-c4ccccc43)cc2)c1. The Morgan fingerprint density at radius 1 is 0.960 bits per heavy atom. The first-order chi connectivity index (χ1) is 24.4. The Morgan fingerprint density at radius 3 is 2.56 bits per heavy atom. The number of ether oxygens (including phenoxy) is 1. The molecule has 6 aromatic rings. The Balaban J connectivity index is 0.927. The van der Waals surface area contributed by atoms with Gasteiger partial charge in [-0.1, -0.05) is 30.3 Å². The monoisotopic (exact) mass is 680 g/mol. The molecule has 2 fully saturated rings. The summed E-state index contributed by atoms with van der Waals surface area (Å²) in [6.07, 6.45) is 4.63. The van der Waals surface area contributed by atoms with E-state index < -0.39 is 0 Å². The minimum Gasteiger partial charge on any atom is -0.381 e. The Bertz CT molecular complexity index is 2230. The first-order valence-corrected chi connectivity index (χ1v) is 17.9. The highest BCUT2D eigenvalue weighted by molar-refractivity contribution is 7.19. The molecular formula is C40H36N6O3S. The maximum Gasteiger partial charge on any atom is 0.259 e. The van der Waals surface area contributed by atoms with Crippen LogP contribution < -0.4 is 15.1 Å². The van der Waals surface area contributed by atoms with Gasteiger partial charge in [0.15, 0.2) is 0 Å². The standard InChI is InChI=1S/C40H36N6O3S/c1-25-20-30(37(41-22-25)45-23-40(24-45)15-18-49-19-16-40)38(47)42-28-12-10-26(11-13-28)39(48)46-17-14-27-21-34(36-43-31-7-3-4-8-32(31)44-36)50-35(27)29-6-2-5-9-33(29)46/h2-13,20-22H,14-19,23-24H2,1H3,(H,42,47)(H,43,44). The molecule has 6 heterocycles. The number of benzene rings is 3. The van der Waals surface area contributed by atoms with Gasteiger partial charge in [-0.05, 0) is 91.9 Å². The molecule has 0 bridgehead atoms. The number of carbonyl (C=O) groups is 2. The number of hydrogen-bond donors (Lipinski definition) is 2. The molecule has 0 aliphatic carbocycles. The number of fused-ring (bicyclic) bond motifs is 4. The summed E-state index contributed by atoms with van der Waals surface area (Å²) >= 11 is 1.70. The van der Waals surface area contributed by atoms with Crippen molar-refractivity contribution in [2.24, 2.45) is 5.41 Å². The van der Waals surface area contributed by atoms with Crippen molar-refractivity contribution in [3.05, 3.63) is 113 Å². The van der Waals surface area contributed by atoms with E-state index in [0.717, 1.165) is 94.8 Å². The second kappa shape index (κ2) is 12.2. The van der Waals surface area contributed by atoms with E-state index in [1.807, 2.05) is 66.6 Å². The number of nitrogens with zero attached hydrogens (tertiary/aromatic N) is 4. The molecule has 3 aromatic carbocycles. The number of anilines is 3. The van der Waals surface area contributed by atoms with Gasteiger partial charge in [-0.15, -0.1) is 11.3 Å². The van der Waals surface area contributed by atoms with Gasteiger partial charge in [0.05, 0.1) is 27.2 Å². The predicted octanol–water partition coefficient (Wildman–Crippen LogP) is 7.73. The van der Waals surface area contributed by atoms with Gasteiger partial charge >= 0.3 is 0 Å². The van der Waals surface area contributed by atoms with Gasteiger partial charge in [0.2, 0.25) is 0 Å². The van der Waals surface area contributed by atoms with Crippen molar-refractivity contribution in [3.8, 4) is 21.1 Å². The van der Waals surface area contributed by atoms with Crippen LogP contribution in [-0.4, -0.2) is 59.6 Å². The van der Waals surface area contributed by atoms with Crippen LogP contribution >= 0.6 is 11.3 Å². The lowest BCUT2D eigenvalue weighted by Crippen LogP contribution is -2.59. The summed E-state index contributed by atoms with van der Waals surface area (Å²) in [6, 6.07) is 27.5. The van der Waals surface area contributed by atoms with E-state index in [1.54, 1.807) is 35.6 Å². The number of para-hydroxylation sites is 3. The number of carbonyl (C=O) groups excluding carboxylic acids is 2. The fraction of sp³-hybridized carbons (Fsp3) is 0.250. The zero-order valence-electron chi connectivity index (χ0n) is 27.7. The first-order valence-electron chi connectivity index (χ1n) is 17.1. The Kier molecular flexibility index (Phi) is 7.51. The molecule has 10 heteroatoms. The summed E-state index contributed by atoms with van der Waals surface area (Å²) in [7, 11) is 0. The van der Waals surface area contributed by atoms with E-state index in [0.29, 0.717) is 23.4 Å². The summed E-state index contributed by atoms with van der Waals surface area (Å²) in [5.41, 5.74) is 8.03.